The van der Waals surface area contributed by atoms with Gasteiger partial charge in [0, 0.05) is 23.6 Å². The lowest BCUT2D eigenvalue weighted by Gasteiger charge is -2.24. The van der Waals surface area contributed by atoms with Gasteiger partial charge in [0.1, 0.15) is 6.04 Å². The molecule has 1 aliphatic rings. The molecule has 0 saturated carbocycles. The Balaban J connectivity index is 1.99. The minimum Gasteiger partial charge on any atom is -0.480 e. The number of carboxylic acid groups (broad SMARTS) is 1. The van der Waals surface area contributed by atoms with Gasteiger partial charge in [0.25, 0.3) is 0 Å². The van der Waals surface area contributed by atoms with E-state index in [9.17, 15) is 4.79 Å². The minimum absolute atomic E-state index is 0.141. The molecule has 0 unspecified atom stereocenters. The largest absolute Gasteiger partial charge is 0.480 e. The predicted molar refractivity (Wildman–Crippen MR) is 87.1 cm³/mol. The van der Waals surface area contributed by atoms with Gasteiger partial charge in [-0.3, -0.25) is 14.7 Å². The molecule has 1 aromatic carbocycles. The predicted octanol–water partition coefficient (Wildman–Crippen LogP) is 1.86. The zero-order valence-corrected chi connectivity index (χ0v) is 13.0. The molecule has 1 aromatic rings. The molecule has 108 valence electrons. The Kier molecular flexibility index (Phi) is 5.51. The number of carboxylic acids is 1. The number of carbonyl (C=O) groups is 1. The van der Waals surface area contributed by atoms with Crippen LogP contribution in [-0.2, 0) is 4.79 Å². The Morgan fingerprint density at radius 3 is 2.85 bits per heavy atom. The lowest BCUT2D eigenvalue weighted by atomic mass is 10.2. The highest BCUT2D eigenvalue weighted by atomic mass is 32.2. The molecule has 4 nitrogen and oxygen atoms in total. The van der Waals surface area contributed by atoms with Gasteiger partial charge in [-0.05, 0) is 7.05 Å². The fraction of sp³-hybridized carbons (Fsp3) is 0.429. The number of hydrogen-bond donors (Lipinski definition) is 2. The first-order valence-corrected chi connectivity index (χ1v) is 8.03. The number of thioether (sulfide) groups is 1. The molecule has 1 heterocycles. The van der Waals surface area contributed by atoms with Crippen molar-refractivity contribution in [3.63, 3.8) is 0 Å². The van der Waals surface area contributed by atoms with E-state index in [4.69, 9.17) is 10.1 Å². The molecular weight excluding hydrogens is 292 g/mol. The van der Waals surface area contributed by atoms with Crippen molar-refractivity contribution in [3.05, 3.63) is 35.9 Å². The SMILES string of the molecule is CN(C[C@@H]1CSC(c2ccccc2)=N1)[C@H](CS)C(=O)O. The first-order chi connectivity index (χ1) is 9.61. The summed E-state index contributed by atoms with van der Waals surface area (Å²) in [5.41, 5.74) is 1.13. The fourth-order valence-corrected chi connectivity index (χ4v) is 3.60. The van der Waals surface area contributed by atoms with Crippen LogP contribution in [0.3, 0.4) is 0 Å². The van der Waals surface area contributed by atoms with Gasteiger partial charge in [-0.2, -0.15) is 12.6 Å². The molecule has 0 aliphatic carbocycles. The van der Waals surface area contributed by atoms with Gasteiger partial charge in [-0.15, -0.1) is 11.8 Å². The summed E-state index contributed by atoms with van der Waals surface area (Å²) in [4.78, 5) is 17.6. The van der Waals surface area contributed by atoms with Crippen molar-refractivity contribution in [2.45, 2.75) is 12.1 Å². The number of rotatable bonds is 6. The summed E-state index contributed by atoms with van der Waals surface area (Å²) in [6.45, 7) is 0.640. The van der Waals surface area contributed by atoms with Crippen molar-refractivity contribution in [3.8, 4) is 0 Å². The van der Waals surface area contributed by atoms with E-state index in [1.54, 1.807) is 11.8 Å². The molecule has 0 radical (unpaired) electrons. The molecule has 20 heavy (non-hydrogen) atoms. The van der Waals surface area contributed by atoms with E-state index < -0.39 is 12.0 Å². The quantitative estimate of drug-likeness (QED) is 0.788. The maximum Gasteiger partial charge on any atom is 0.321 e. The van der Waals surface area contributed by atoms with Crippen LogP contribution < -0.4 is 0 Å². The van der Waals surface area contributed by atoms with E-state index in [-0.39, 0.29) is 6.04 Å². The molecule has 1 aliphatic heterocycles. The molecule has 0 fully saturated rings. The van der Waals surface area contributed by atoms with E-state index in [1.165, 1.54) is 0 Å². The third-order valence-electron chi connectivity index (χ3n) is 3.22. The second kappa shape index (κ2) is 7.15. The van der Waals surface area contributed by atoms with Gasteiger partial charge in [0.2, 0.25) is 0 Å². The van der Waals surface area contributed by atoms with E-state index in [0.29, 0.717) is 12.3 Å². The molecule has 0 spiro atoms. The minimum atomic E-state index is -0.833. The van der Waals surface area contributed by atoms with Crippen LogP contribution in [0.1, 0.15) is 5.56 Å². The Morgan fingerprint density at radius 1 is 1.55 bits per heavy atom. The highest BCUT2D eigenvalue weighted by Gasteiger charge is 2.26. The Hall–Kier alpha value is -0.980. The monoisotopic (exact) mass is 310 g/mol. The van der Waals surface area contributed by atoms with E-state index >= 15 is 0 Å². The number of benzene rings is 1. The average molecular weight is 310 g/mol. The molecule has 2 atom stereocenters. The zero-order valence-electron chi connectivity index (χ0n) is 11.3. The van der Waals surface area contributed by atoms with Crippen molar-refractivity contribution >= 4 is 35.4 Å². The highest BCUT2D eigenvalue weighted by Crippen LogP contribution is 2.24. The summed E-state index contributed by atoms with van der Waals surface area (Å²) < 4.78 is 0. The second-order valence-electron chi connectivity index (χ2n) is 4.74. The molecule has 1 N–H and O–H groups in total. The van der Waals surface area contributed by atoms with E-state index in [0.717, 1.165) is 16.4 Å². The normalized spacial score (nSPS) is 19.9. The van der Waals surface area contributed by atoms with Crippen LogP contribution in [0.25, 0.3) is 0 Å². The smallest absolute Gasteiger partial charge is 0.321 e. The summed E-state index contributed by atoms with van der Waals surface area (Å²) in [5, 5.41) is 10.2. The van der Waals surface area contributed by atoms with Crippen LogP contribution in [0.2, 0.25) is 0 Å². The molecule has 0 bridgehead atoms. The van der Waals surface area contributed by atoms with E-state index in [1.807, 2.05) is 42.3 Å². The van der Waals surface area contributed by atoms with Crippen molar-refractivity contribution in [1.82, 2.24) is 4.90 Å². The number of hydrogen-bond acceptors (Lipinski definition) is 5. The van der Waals surface area contributed by atoms with Gasteiger partial charge in [0.15, 0.2) is 0 Å². The van der Waals surface area contributed by atoms with Gasteiger partial charge < -0.3 is 5.11 Å². The van der Waals surface area contributed by atoms with Crippen molar-refractivity contribution in [2.24, 2.45) is 4.99 Å². The molecule has 0 amide bonds. The molecular formula is C14H18N2O2S2. The third-order valence-corrected chi connectivity index (χ3v) is 4.73. The topological polar surface area (TPSA) is 52.9 Å². The lowest BCUT2D eigenvalue weighted by molar-refractivity contribution is -0.141. The maximum atomic E-state index is 11.1. The van der Waals surface area contributed by atoms with Crippen molar-refractivity contribution in [2.75, 3.05) is 25.1 Å². The highest BCUT2D eigenvalue weighted by molar-refractivity contribution is 8.14. The second-order valence-corrected chi connectivity index (χ2v) is 6.12. The third kappa shape index (κ3) is 3.77. The summed E-state index contributed by atoms with van der Waals surface area (Å²) in [5.74, 6) is 0.370. The lowest BCUT2D eigenvalue weighted by Crippen LogP contribution is -2.43. The van der Waals surface area contributed by atoms with Crippen molar-refractivity contribution in [1.29, 1.82) is 0 Å². The summed E-state index contributed by atoms with van der Waals surface area (Å²) >= 11 is 5.83. The fourth-order valence-electron chi connectivity index (χ4n) is 2.11. The first-order valence-electron chi connectivity index (χ1n) is 6.41. The standard InChI is InChI=1S/C14H18N2O2S2/c1-16(12(8-19)14(17)18)7-11-9-20-13(15-11)10-5-3-2-4-6-10/h2-6,11-12,19H,7-9H2,1H3,(H,17,18)/t11-,12-/m1/s1. The number of thiol groups is 1. The van der Waals surface area contributed by atoms with Gasteiger partial charge >= 0.3 is 5.97 Å². The maximum absolute atomic E-state index is 11.1. The van der Waals surface area contributed by atoms with Crippen LogP contribution in [0.4, 0.5) is 0 Å². The number of nitrogens with zero attached hydrogens (tertiary/aromatic N) is 2. The Labute approximate surface area is 128 Å². The summed E-state index contributed by atoms with van der Waals surface area (Å²) in [6, 6.07) is 9.66. The number of aliphatic carboxylic acids is 1. The zero-order chi connectivity index (χ0) is 14.5. The molecule has 0 saturated heterocycles. The molecule has 2 rings (SSSR count). The van der Waals surface area contributed by atoms with Crippen LogP contribution in [-0.4, -0.2) is 58.2 Å². The molecule has 6 heteroatoms. The first kappa shape index (κ1) is 15.4. The number of aliphatic imine (C=N–C) groups is 1. The Morgan fingerprint density at radius 2 is 2.25 bits per heavy atom. The molecule has 0 aromatic heterocycles. The van der Waals surface area contributed by atoms with Crippen LogP contribution >= 0.6 is 24.4 Å². The van der Waals surface area contributed by atoms with Crippen LogP contribution in [0.15, 0.2) is 35.3 Å². The van der Waals surface area contributed by atoms with Gasteiger partial charge in [-0.1, -0.05) is 30.3 Å². The number of likely N-dealkylation sites (N-methyl/N-ethyl adjacent to an activating group) is 1. The average Bonchev–Trinajstić information content (AvgIpc) is 2.88. The summed E-state index contributed by atoms with van der Waals surface area (Å²) in [7, 11) is 1.82. The Bertz CT molecular complexity index is 493. The van der Waals surface area contributed by atoms with E-state index in [2.05, 4.69) is 12.6 Å². The van der Waals surface area contributed by atoms with Crippen molar-refractivity contribution < 1.29 is 9.90 Å². The van der Waals surface area contributed by atoms with Crippen LogP contribution in [0.5, 0.6) is 0 Å². The van der Waals surface area contributed by atoms with Gasteiger partial charge in [0.05, 0.1) is 11.1 Å². The van der Waals surface area contributed by atoms with Crippen LogP contribution in [0, 0.1) is 0 Å². The summed E-state index contributed by atoms with van der Waals surface area (Å²) in [6.07, 6.45) is 0. The van der Waals surface area contributed by atoms with Gasteiger partial charge in [-0.25, -0.2) is 0 Å².